The van der Waals surface area contributed by atoms with Crippen molar-refractivity contribution in [3.63, 3.8) is 0 Å². The fourth-order valence-corrected chi connectivity index (χ4v) is 4.40. The number of ether oxygens (including phenoxy) is 1. The Morgan fingerprint density at radius 3 is 2.91 bits per heavy atom. The van der Waals surface area contributed by atoms with E-state index in [9.17, 15) is 9.59 Å². The monoisotopic (exact) mass is 318 g/mol. The fourth-order valence-electron chi connectivity index (χ4n) is 4.40. The van der Waals surface area contributed by atoms with Crippen LogP contribution in [-0.4, -0.2) is 30.4 Å². The molecule has 1 aliphatic heterocycles. The van der Waals surface area contributed by atoms with Crippen LogP contribution in [0, 0.1) is 11.3 Å². The molecular weight excluding hydrogens is 290 g/mol. The molecule has 0 radical (unpaired) electrons. The van der Waals surface area contributed by atoms with Gasteiger partial charge in [-0.1, -0.05) is 24.1 Å². The Morgan fingerprint density at radius 1 is 1.48 bits per heavy atom. The van der Waals surface area contributed by atoms with E-state index in [-0.39, 0.29) is 29.8 Å². The van der Waals surface area contributed by atoms with E-state index in [0.717, 1.165) is 32.2 Å². The largest absolute Gasteiger partial charge is 0.457 e. The molecule has 23 heavy (non-hydrogen) atoms. The molecule has 1 saturated heterocycles. The van der Waals surface area contributed by atoms with Crippen molar-refractivity contribution in [1.82, 2.24) is 0 Å². The third-order valence-electron chi connectivity index (χ3n) is 6.04. The molecule has 0 aromatic carbocycles. The van der Waals surface area contributed by atoms with E-state index in [1.807, 2.05) is 13.0 Å². The highest BCUT2D eigenvalue weighted by Crippen LogP contribution is 2.50. The molecule has 126 valence electrons. The molecule has 4 atom stereocenters. The Kier molecular flexibility index (Phi) is 4.45. The second-order valence-electron chi connectivity index (χ2n) is 7.46. The number of rotatable bonds is 3. The predicted molar refractivity (Wildman–Crippen MR) is 87.7 cm³/mol. The smallest absolute Gasteiger partial charge is 0.365 e. The zero-order valence-electron chi connectivity index (χ0n) is 14.4. The van der Waals surface area contributed by atoms with Gasteiger partial charge in [0.25, 0.3) is 0 Å². The van der Waals surface area contributed by atoms with Gasteiger partial charge in [0.2, 0.25) is 0 Å². The summed E-state index contributed by atoms with van der Waals surface area (Å²) in [6.45, 7) is 7.17. The van der Waals surface area contributed by atoms with Crippen molar-refractivity contribution in [3.8, 4) is 0 Å². The van der Waals surface area contributed by atoms with Gasteiger partial charge in [0.15, 0.2) is 11.8 Å². The number of carbonyl (C=O) groups excluding carboxylic acids is 2. The van der Waals surface area contributed by atoms with Gasteiger partial charge in [-0.3, -0.25) is 4.79 Å². The number of nitrogens with two attached hydrogens (primary N) is 1. The molecule has 1 fully saturated rings. The topological polar surface area (TPSA) is 60.0 Å². The SMILES string of the molecule is CCC1=CC(=O)[C@@]2(C)[C@@H](OC(=O)[C@@H]3CCC[NH2+]3)CC(C)=CC[C@H]12. The highest BCUT2D eigenvalue weighted by molar-refractivity contribution is 5.99. The average molecular weight is 318 g/mol. The van der Waals surface area contributed by atoms with Crippen LogP contribution < -0.4 is 5.32 Å². The van der Waals surface area contributed by atoms with Gasteiger partial charge in [0, 0.05) is 19.3 Å². The lowest BCUT2D eigenvalue weighted by molar-refractivity contribution is -0.659. The Labute approximate surface area is 138 Å². The first-order valence-corrected chi connectivity index (χ1v) is 8.91. The van der Waals surface area contributed by atoms with Crippen molar-refractivity contribution >= 4 is 11.8 Å². The molecule has 0 amide bonds. The zero-order chi connectivity index (χ0) is 16.6. The summed E-state index contributed by atoms with van der Waals surface area (Å²) >= 11 is 0. The summed E-state index contributed by atoms with van der Waals surface area (Å²) in [4.78, 5) is 25.3. The molecule has 1 heterocycles. The summed E-state index contributed by atoms with van der Waals surface area (Å²) in [7, 11) is 0. The number of ketones is 1. The summed E-state index contributed by atoms with van der Waals surface area (Å²) < 4.78 is 5.94. The maximum Gasteiger partial charge on any atom is 0.365 e. The van der Waals surface area contributed by atoms with E-state index in [4.69, 9.17) is 4.74 Å². The van der Waals surface area contributed by atoms with Gasteiger partial charge >= 0.3 is 5.97 Å². The van der Waals surface area contributed by atoms with Crippen LogP contribution in [0.3, 0.4) is 0 Å². The van der Waals surface area contributed by atoms with Gasteiger partial charge in [0.1, 0.15) is 6.10 Å². The molecule has 0 spiro atoms. The Balaban J connectivity index is 1.86. The van der Waals surface area contributed by atoms with Crippen LogP contribution in [0.25, 0.3) is 0 Å². The number of hydrogen-bond donors (Lipinski definition) is 1. The minimum absolute atomic E-state index is 0.0836. The molecule has 3 rings (SSSR count). The van der Waals surface area contributed by atoms with Crippen molar-refractivity contribution < 1.29 is 19.6 Å². The Morgan fingerprint density at radius 2 is 2.26 bits per heavy atom. The van der Waals surface area contributed by atoms with Gasteiger partial charge in [-0.2, -0.15) is 0 Å². The van der Waals surface area contributed by atoms with Crippen LogP contribution in [0.15, 0.2) is 23.3 Å². The summed E-state index contributed by atoms with van der Waals surface area (Å²) in [5, 5.41) is 2.06. The van der Waals surface area contributed by atoms with Crippen molar-refractivity contribution in [2.45, 2.75) is 65.0 Å². The number of allylic oxidation sites excluding steroid dienone is 3. The minimum Gasteiger partial charge on any atom is -0.457 e. The zero-order valence-corrected chi connectivity index (χ0v) is 14.4. The molecule has 0 aromatic rings. The van der Waals surface area contributed by atoms with Crippen molar-refractivity contribution in [1.29, 1.82) is 0 Å². The molecule has 0 saturated carbocycles. The molecule has 4 nitrogen and oxygen atoms in total. The first-order chi connectivity index (χ1) is 11.0. The van der Waals surface area contributed by atoms with Crippen LogP contribution in [0.2, 0.25) is 0 Å². The van der Waals surface area contributed by atoms with Crippen molar-refractivity contribution in [3.05, 3.63) is 23.3 Å². The second-order valence-corrected chi connectivity index (χ2v) is 7.46. The molecule has 0 aromatic heterocycles. The molecule has 3 aliphatic rings. The lowest BCUT2D eigenvalue weighted by Gasteiger charge is -2.37. The normalized spacial score (nSPS) is 37.0. The number of esters is 1. The fraction of sp³-hybridized carbons (Fsp3) is 0.684. The Hall–Kier alpha value is -1.42. The lowest BCUT2D eigenvalue weighted by Crippen LogP contribution is -2.88. The molecular formula is C19H28NO3+. The summed E-state index contributed by atoms with van der Waals surface area (Å²) in [5.74, 6) is 0.165. The van der Waals surface area contributed by atoms with Gasteiger partial charge < -0.3 is 10.1 Å². The molecule has 2 N–H and O–H groups in total. The summed E-state index contributed by atoms with van der Waals surface area (Å²) in [6.07, 6.45) is 8.05. The summed E-state index contributed by atoms with van der Waals surface area (Å²) in [6, 6.07) is -0.0836. The first-order valence-electron chi connectivity index (χ1n) is 8.91. The standard InChI is InChI=1S/C19H27NO3/c1-4-13-11-16(21)19(3)14(13)8-7-12(2)10-17(19)23-18(22)15-6-5-9-20-15/h7,11,14-15,17,20H,4-6,8-10H2,1-3H3/p+1/t14-,15+,17+,19+/m1/s1. The van der Waals surface area contributed by atoms with E-state index in [1.54, 1.807) is 0 Å². The number of quaternary nitrogens is 1. The molecule has 0 bridgehead atoms. The van der Waals surface area contributed by atoms with E-state index < -0.39 is 5.41 Å². The van der Waals surface area contributed by atoms with Crippen LogP contribution >= 0.6 is 0 Å². The van der Waals surface area contributed by atoms with Gasteiger partial charge in [-0.05, 0) is 38.7 Å². The van der Waals surface area contributed by atoms with Crippen LogP contribution in [0.4, 0.5) is 0 Å². The van der Waals surface area contributed by atoms with Crippen molar-refractivity contribution in [2.24, 2.45) is 11.3 Å². The number of fused-ring (bicyclic) bond motifs is 1. The van der Waals surface area contributed by atoms with E-state index in [2.05, 4.69) is 25.2 Å². The average Bonchev–Trinajstić information content (AvgIpc) is 3.10. The lowest BCUT2D eigenvalue weighted by atomic mass is 9.70. The molecule has 2 aliphatic carbocycles. The van der Waals surface area contributed by atoms with E-state index >= 15 is 0 Å². The van der Waals surface area contributed by atoms with Gasteiger partial charge in [-0.25, -0.2) is 4.79 Å². The Bertz CT molecular complexity index is 571. The minimum atomic E-state index is -0.603. The quantitative estimate of drug-likeness (QED) is 0.639. The second kappa shape index (κ2) is 6.23. The van der Waals surface area contributed by atoms with Crippen LogP contribution in [0.1, 0.15) is 52.9 Å². The van der Waals surface area contributed by atoms with Gasteiger partial charge in [-0.15, -0.1) is 0 Å². The van der Waals surface area contributed by atoms with E-state index in [1.165, 1.54) is 11.1 Å². The number of carbonyl (C=O) groups is 2. The van der Waals surface area contributed by atoms with Gasteiger partial charge in [0.05, 0.1) is 12.0 Å². The van der Waals surface area contributed by atoms with Crippen molar-refractivity contribution in [2.75, 3.05) is 6.54 Å². The van der Waals surface area contributed by atoms with Crippen LogP contribution in [0.5, 0.6) is 0 Å². The van der Waals surface area contributed by atoms with Crippen LogP contribution in [-0.2, 0) is 14.3 Å². The third-order valence-corrected chi connectivity index (χ3v) is 6.04. The first kappa shape index (κ1) is 16.4. The highest BCUT2D eigenvalue weighted by Gasteiger charge is 2.54. The third kappa shape index (κ3) is 2.78. The van der Waals surface area contributed by atoms with E-state index in [0.29, 0.717) is 6.42 Å². The summed E-state index contributed by atoms with van der Waals surface area (Å²) in [5.41, 5.74) is 1.82. The molecule has 4 heteroatoms. The maximum absolute atomic E-state index is 12.8. The molecule has 0 unspecified atom stereocenters. The predicted octanol–water partition coefficient (Wildman–Crippen LogP) is 1.91. The maximum atomic E-state index is 12.8. The highest BCUT2D eigenvalue weighted by atomic mass is 16.5. The number of hydrogen-bond acceptors (Lipinski definition) is 3.